The SMILES string of the molecule is C[C@@H](OCCCNc1ccc2nncn2n1)c1ccccc1. The topological polar surface area (TPSA) is 64.3 Å². The molecule has 0 amide bonds. The van der Waals surface area contributed by atoms with Crippen LogP contribution in [0, 0.1) is 0 Å². The molecular weight excluding hydrogens is 278 g/mol. The van der Waals surface area contributed by atoms with Crippen molar-refractivity contribution in [3.8, 4) is 0 Å². The maximum Gasteiger partial charge on any atom is 0.177 e. The Hall–Kier alpha value is -2.47. The summed E-state index contributed by atoms with van der Waals surface area (Å²) in [6.07, 6.45) is 2.62. The quantitative estimate of drug-likeness (QED) is 0.679. The summed E-state index contributed by atoms with van der Waals surface area (Å²) in [6, 6.07) is 14.0. The highest BCUT2D eigenvalue weighted by molar-refractivity contribution is 5.42. The Kier molecular flexibility index (Phi) is 4.60. The van der Waals surface area contributed by atoms with Crippen LogP contribution in [-0.4, -0.2) is 33.0 Å². The van der Waals surface area contributed by atoms with E-state index >= 15 is 0 Å². The Bertz CT molecular complexity index is 713. The maximum absolute atomic E-state index is 5.84. The molecule has 0 bridgehead atoms. The second-order valence-electron chi connectivity index (χ2n) is 5.06. The third-order valence-corrected chi connectivity index (χ3v) is 3.43. The Morgan fingerprint density at radius 3 is 2.91 bits per heavy atom. The fourth-order valence-corrected chi connectivity index (χ4v) is 2.19. The highest BCUT2D eigenvalue weighted by Gasteiger charge is 2.04. The number of nitrogens with one attached hydrogen (secondary N) is 1. The van der Waals surface area contributed by atoms with E-state index in [2.05, 4.69) is 39.7 Å². The van der Waals surface area contributed by atoms with Crippen molar-refractivity contribution in [2.75, 3.05) is 18.5 Å². The molecule has 6 heteroatoms. The van der Waals surface area contributed by atoms with Crippen LogP contribution in [0.15, 0.2) is 48.8 Å². The Labute approximate surface area is 129 Å². The number of ether oxygens (including phenoxy) is 1. The first-order valence-electron chi connectivity index (χ1n) is 7.40. The van der Waals surface area contributed by atoms with E-state index in [9.17, 15) is 0 Å². The largest absolute Gasteiger partial charge is 0.374 e. The standard InChI is InChI=1S/C16H19N5O/c1-13(14-6-3-2-4-7-14)22-11-5-10-17-15-8-9-16-19-18-12-21(16)20-15/h2-4,6-9,12-13H,5,10-11H2,1H3,(H,17,20)/t13-/m1/s1. The summed E-state index contributed by atoms with van der Waals surface area (Å²) in [5.74, 6) is 0.809. The number of rotatable bonds is 7. The summed E-state index contributed by atoms with van der Waals surface area (Å²) in [7, 11) is 0. The molecule has 0 unspecified atom stereocenters. The molecule has 1 aromatic carbocycles. The van der Waals surface area contributed by atoms with E-state index < -0.39 is 0 Å². The first kappa shape index (κ1) is 14.5. The van der Waals surface area contributed by atoms with Crippen LogP contribution in [0.2, 0.25) is 0 Å². The van der Waals surface area contributed by atoms with Crippen LogP contribution in [0.3, 0.4) is 0 Å². The van der Waals surface area contributed by atoms with Gasteiger partial charge in [-0.15, -0.1) is 15.3 Å². The zero-order chi connectivity index (χ0) is 15.2. The third kappa shape index (κ3) is 3.59. The second kappa shape index (κ2) is 7.00. The third-order valence-electron chi connectivity index (χ3n) is 3.43. The smallest absolute Gasteiger partial charge is 0.177 e. The van der Waals surface area contributed by atoms with E-state index in [-0.39, 0.29) is 6.10 Å². The predicted molar refractivity (Wildman–Crippen MR) is 84.7 cm³/mol. The number of anilines is 1. The van der Waals surface area contributed by atoms with E-state index in [0.717, 1.165) is 24.4 Å². The molecule has 0 spiro atoms. The second-order valence-corrected chi connectivity index (χ2v) is 5.06. The van der Waals surface area contributed by atoms with Crippen molar-refractivity contribution in [1.82, 2.24) is 19.8 Å². The molecule has 0 aliphatic carbocycles. The normalized spacial score (nSPS) is 12.4. The molecule has 0 radical (unpaired) electrons. The maximum atomic E-state index is 5.84. The van der Waals surface area contributed by atoms with Gasteiger partial charge in [-0.1, -0.05) is 30.3 Å². The predicted octanol–water partition coefficient (Wildman–Crippen LogP) is 2.70. The molecule has 0 fully saturated rings. The first-order valence-corrected chi connectivity index (χ1v) is 7.40. The number of nitrogens with zero attached hydrogens (tertiary/aromatic N) is 4. The molecule has 2 heterocycles. The van der Waals surface area contributed by atoms with Crippen LogP contribution in [0.5, 0.6) is 0 Å². The highest BCUT2D eigenvalue weighted by atomic mass is 16.5. The van der Waals surface area contributed by atoms with Gasteiger partial charge in [0.25, 0.3) is 0 Å². The lowest BCUT2D eigenvalue weighted by Gasteiger charge is -2.13. The molecule has 0 saturated heterocycles. The van der Waals surface area contributed by atoms with E-state index in [1.54, 1.807) is 10.8 Å². The van der Waals surface area contributed by atoms with Crippen molar-refractivity contribution >= 4 is 11.5 Å². The number of benzene rings is 1. The monoisotopic (exact) mass is 297 g/mol. The summed E-state index contributed by atoms with van der Waals surface area (Å²) in [6.45, 7) is 3.59. The molecule has 3 rings (SSSR count). The fraction of sp³-hybridized carbons (Fsp3) is 0.312. The van der Waals surface area contributed by atoms with Crippen molar-refractivity contribution < 1.29 is 4.74 Å². The summed E-state index contributed by atoms with van der Waals surface area (Å²) in [4.78, 5) is 0. The number of hydrogen-bond donors (Lipinski definition) is 1. The summed E-state index contributed by atoms with van der Waals surface area (Å²) in [5.41, 5.74) is 1.95. The van der Waals surface area contributed by atoms with Gasteiger partial charge >= 0.3 is 0 Å². The van der Waals surface area contributed by atoms with Gasteiger partial charge in [0.2, 0.25) is 0 Å². The van der Waals surface area contributed by atoms with Crippen LogP contribution in [0.4, 0.5) is 5.82 Å². The summed E-state index contributed by atoms with van der Waals surface area (Å²) >= 11 is 0. The van der Waals surface area contributed by atoms with Crippen LogP contribution in [-0.2, 0) is 4.74 Å². The zero-order valence-corrected chi connectivity index (χ0v) is 12.5. The first-order chi connectivity index (χ1) is 10.8. The zero-order valence-electron chi connectivity index (χ0n) is 12.5. The van der Waals surface area contributed by atoms with Gasteiger partial charge in [-0.05, 0) is 31.0 Å². The Balaban J connectivity index is 1.40. The Morgan fingerprint density at radius 2 is 2.05 bits per heavy atom. The van der Waals surface area contributed by atoms with Crippen LogP contribution < -0.4 is 5.32 Å². The molecule has 0 saturated carbocycles. The van der Waals surface area contributed by atoms with Crippen LogP contribution in [0.25, 0.3) is 5.65 Å². The van der Waals surface area contributed by atoms with Crippen LogP contribution >= 0.6 is 0 Å². The van der Waals surface area contributed by atoms with Gasteiger partial charge in [0.05, 0.1) is 6.10 Å². The van der Waals surface area contributed by atoms with Crippen molar-refractivity contribution in [3.63, 3.8) is 0 Å². The van der Waals surface area contributed by atoms with Crippen molar-refractivity contribution in [2.45, 2.75) is 19.4 Å². The van der Waals surface area contributed by atoms with Gasteiger partial charge in [0.15, 0.2) is 5.65 Å². The van der Waals surface area contributed by atoms with Gasteiger partial charge in [-0.25, -0.2) is 0 Å². The van der Waals surface area contributed by atoms with Crippen molar-refractivity contribution in [2.24, 2.45) is 0 Å². The van der Waals surface area contributed by atoms with Gasteiger partial charge in [0.1, 0.15) is 12.1 Å². The van der Waals surface area contributed by atoms with Gasteiger partial charge in [-0.2, -0.15) is 4.52 Å². The number of hydrogen-bond acceptors (Lipinski definition) is 5. The van der Waals surface area contributed by atoms with Crippen molar-refractivity contribution in [1.29, 1.82) is 0 Å². The van der Waals surface area contributed by atoms with E-state index in [4.69, 9.17) is 4.74 Å². The summed E-state index contributed by atoms with van der Waals surface area (Å²) in [5, 5.41) is 15.4. The lowest BCUT2D eigenvalue weighted by molar-refractivity contribution is 0.0656. The average Bonchev–Trinajstić information content (AvgIpc) is 3.03. The highest BCUT2D eigenvalue weighted by Crippen LogP contribution is 2.15. The molecule has 22 heavy (non-hydrogen) atoms. The minimum absolute atomic E-state index is 0.118. The molecule has 1 atom stereocenters. The average molecular weight is 297 g/mol. The van der Waals surface area contributed by atoms with Gasteiger partial charge in [-0.3, -0.25) is 0 Å². The van der Waals surface area contributed by atoms with E-state index in [1.165, 1.54) is 5.56 Å². The van der Waals surface area contributed by atoms with E-state index in [0.29, 0.717) is 6.61 Å². The molecule has 3 aromatic rings. The number of fused-ring (bicyclic) bond motifs is 1. The molecule has 6 nitrogen and oxygen atoms in total. The van der Waals surface area contributed by atoms with Crippen LogP contribution in [0.1, 0.15) is 25.0 Å². The molecule has 114 valence electrons. The lowest BCUT2D eigenvalue weighted by atomic mass is 10.1. The minimum atomic E-state index is 0.118. The number of aromatic nitrogens is 4. The fourth-order valence-electron chi connectivity index (χ4n) is 2.19. The van der Waals surface area contributed by atoms with Gasteiger partial charge < -0.3 is 10.1 Å². The molecule has 2 aromatic heterocycles. The minimum Gasteiger partial charge on any atom is -0.374 e. The van der Waals surface area contributed by atoms with E-state index in [1.807, 2.05) is 30.3 Å². The van der Waals surface area contributed by atoms with Gasteiger partial charge in [0, 0.05) is 13.2 Å². The molecule has 1 N–H and O–H groups in total. The van der Waals surface area contributed by atoms with Crippen molar-refractivity contribution in [3.05, 3.63) is 54.4 Å². The molecule has 0 aliphatic heterocycles. The molecular formula is C16H19N5O. The Morgan fingerprint density at radius 1 is 1.18 bits per heavy atom. The summed E-state index contributed by atoms with van der Waals surface area (Å²) < 4.78 is 7.49. The molecule has 0 aliphatic rings. The lowest BCUT2D eigenvalue weighted by Crippen LogP contribution is -2.09.